The fourth-order valence-electron chi connectivity index (χ4n) is 3.18. The summed E-state index contributed by atoms with van der Waals surface area (Å²) in [7, 11) is 0. The largest absolute Gasteiger partial charge is 0.322 e. The van der Waals surface area contributed by atoms with Gasteiger partial charge in [-0.1, -0.05) is 18.2 Å². The van der Waals surface area contributed by atoms with E-state index in [0.29, 0.717) is 17.2 Å². The number of carbonyl (C=O) groups is 1. The van der Waals surface area contributed by atoms with Gasteiger partial charge in [-0.25, -0.2) is 4.39 Å². The van der Waals surface area contributed by atoms with Crippen molar-refractivity contribution in [2.75, 3.05) is 5.32 Å². The van der Waals surface area contributed by atoms with Crippen molar-refractivity contribution in [2.45, 2.75) is 0 Å². The molecule has 3 aromatic heterocycles. The van der Waals surface area contributed by atoms with Gasteiger partial charge in [0.05, 0.1) is 5.69 Å². The van der Waals surface area contributed by atoms with E-state index in [9.17, 15) is 9.18 Å². The SMILES string of the molecule is O=C(Nc1ccc(-c2ccc3nnc(-c4cccnc4)n3n2)cc1)c1cccc(F)c1. The fourth-order valence-corrected chi connectivity index (χ4v) is 3.18. The van der Waals surface area contributed by atoms with Gasteiger partial charge in [0.1, 0.15) is 5.82 Å². The van der Waals surface area contributed by atoms with Crippen LogP contribution in [0.5, 0.6) is 0 Å². The van der Waals surface area contributed by atoms with Gasteiger partial charge in [0.2, 0.25) is 0 Å². The molecule has 8 heteroatoms. The van der Waals surface area contributed by atoms with Crippen LogP contribution in [0.3, 0.4) is 0 Å². The first-order valence-corrected chi connectivity index (χ1v) is 9.47. The Hall–Kier alpha value is -4.46. The highest BCUT2D eigenvalue weighted by Crippen LogP contribution is 2.22. The predicted octanol–water partition coefficient (Wildman–Crippen LogP) is 4.24. The van der Waals surface area contributed by atoms with Crippen LogP contribution in [0.25, 0.3) is 28.3 Å². The number of pyridine rings is 1. The molecular weight excluding hydrogens is 395 g/mol. The van der Waals surface area contributed by atoms with Crippen molar-refractivity contribution in [2.24, 2.45) is 0 Å². The van der Waals surface area contributed by atoms with Gasteiger partial charge in [-0.2, -0.15) is 9.61 Å². The number of amides is 1. The lowest BCUT2D eigenvalue weighted by Crippen LogP contribution is -2.11. The number of nitrogens with zero attached hydrogens (tertiary/aromatic N) is 5. The zero-order valence-corrected chi connectivity index (χ0v) is 16.1. The van der Waals surface area contributed by atoms with Crippen LogP contribution in [-0.2, 0) is 0 Å². The summed E-state index contributed by atoms with van der Waals surface area (Å²) in [5, 5.41) is 15.8. The molecule has 0 bridgehead atoms. The van der Waals surface area contributed by atoms with E-state index < -0.39 is 5.82 Å². The molecule has 31 heavy (non-hydrogen) atoms. The van der Waals surface area contributed by atoms with Gasteiger partial charge in [-0.15, -0.1) is 10.2 Å². The maximum absolute atomic E-state index is 13.3. The van der Waals surface area contributed by atoms with Crippen molar-refractivity contribution in [3.63, 3.8) is 0 Å². The van der Waals surface area contributed by atoms with Crippen LogP contribution in [0.4, 0.5) is 10.1 Å². The van der Waals surface area contributed by atoms with Crippen molar-refractivity contribution in [3.05, 3.63) is 96.6 Å². The van der Waals surface area contributed by atoms with Gasteiger partial charge in [0, 0.05) is 34.8 Å². The molecule has 5 rings (SSSR count). The standard InChI is InChI=1S/C23H15FN6O/c24-18-5-1-3-16(13-18)23(31)26-19-8-6-15(7-9-19)20-10-11-21-27-28-22(30(21)29-20)17-4-2-12-25-14-17/h1-14H,(H,26,31). The summed E-state index contributed by atoms with van der Waals surface area (Å²) < 4.78 is 15.0. The average molecular weight is 410 g/mol. The van der Waals surface area contributed by atoms with Crippen LogP contribution in [0.15, 0.2) is 85.2 Å². The monoisotopic (exact) mass is 410 g/mol. The second kappa shape index (κ2) is 7.75. The highest BCUT2D eigenvalue weighted by atomic mass is 19.1. The second-order valence-corrected chi connectivity index (χ2v) is 6.80. The van der Waals surface area contributed by atoms with E-state index in [1.54, 1.807) is 35.1 Å². The summed E-state index contributed by atoms with van der Waals surface area (Å²) in [5.74, 6) is -0.231. The summed E-state index contributed by atoms with van der Waals surface area (Å²) >= 11 is 0. The quantitative estimate of drug-likeness (QED) is 0.479. The first kappa shape index (κ1) is 18.6. The lowest BCUT2D eigenvalue weighted by Gasteiger charge is -2.07. The third-order valence-electron chi connectivity index (χ3n) is 4.71. The molecule has 5 aromatic rings. The number of anilines is 1. The maximum atomic E-state index is 13.3. The molecule has 0 spiro atoms. The lowest BCUT2D eigenvalue weighted by molar-refractivity contribution is 0.102. The molecule has 1 amide bonds. The number of fused-ring (bicyclic) bond motifs is 1. The predicted molar refractivity (Wildman–Crippen MR) is 114 cm³/mol. The third-order valence-corrected chi connectivity index (χ3v) is 4.71. The van der Waals surface area contributed by atoms with Gasteiger partial charge in [0.15, 0.2) is 11.5 Å². The fraction of sp³-hybridized carbons (Fsp3) is 0. The van der Waals surface area contributed by atoms with Gasteiger partial charge in [-0.3, -0.25) is 9.78 Å². The molecule has 0 aliphatic heterocycles. The number of carbonyl (C=O) groups excluding carboxylic acids is 1. The van der Waals surface area contributed by atoms with Crippen LogP contribution in [0.1, 0.15) is 10.4 Å². The summed E-state index contributed by atoms with van der Waals surface area (Å²) in [5.41, 5.74) is 3.87. The van der Waals surface area contributed by atoms with E-state index in [1.807, 2.05) is 36.4 Å². The average Bonchev–Trinajstić information content (AvgIpc) is 3.23. The van der Waals surface area contributed by atoms with Crippen LogP contribution in [-0.4, -0.2) is 30.7 Å². The Morgan fingerprint density at radius 1 is 0.903 bits per heavy atom. The number of halogens is 1. The minimum absolute atomic E-state index is 0.256. The van der Waals surface area contributed by atoms with Gasteiger partial charge in [-0.05, 0) is 54.6 Å². The topological polar surface area (TPSA) is 85.1 Å². The number of hydrogen-bond donors (Lipinski definition) is 1. The summed E-state index contributed by atoms with van der Waals surface area (Å²) in [6.07, 6.45) is 3.40. The zero-order valence-electron chi connectivity index (χ0n) is 16.1. The normalized spacial score (nSPS) is 10.9. The van der Waals surface area contributed by atoms with Crippen LogP contribution < -0.4 is 5.32 Å². The first-order valence-electron chi connectivity index (χ1n) is 9.47. The minimum atomic E-state index is -0.455. The lowest BCUT2D eigenvalue weighted by atomic mass is 10.1. The molecule has 0 unspecified atom stereocenters. The molecule has 0 aliphatic rings. The molecule has 0 aliphatic carbocycles. The summed E-state index contributed by atoms with van der Waals surface area (Å²) in [6, 6.07) is 20.2. The Kier molecular flexibility index (Phi) is 4.64. The van der Waals surface area contributed by atoms with E-state index in [0.717, 1.165) is 16.8 Å². The summed E-state index contributed by atoms with van der Waals surface area (Å²) in [6.45, 7) is 0. The van der Waals surface area contributed by atoms with Crippen LogP contribution in [0.2, 0.25) is 0 Å². The van der Waals surface area contributed by atoms with Crippen molar-refractivity contribution in [1.82, 2.24) is 24.8 Å². The van der Waals surface area contributed by atoms with Crippen molar-refractivity contribution in [3.8, 4) is 22.6 Å². The number of hydrogen-bond acceptors (Lipinski definition) is 5. The molecular formula is C23H15FN6O. The minimum Gasteiger partial charge on any atom is -0.322 e. The Balaban J connectivity index is 1.41. The van der Waals surface area contributed by atoms with E-state index in [1.165, 1.54) is 18.2 Å². The van der Waals surface area contributed by atoms with Gasteiger partial charge < -0.3 is 5.32 Å². The van der Waals surface area contributed by atoms with E-state index in [2.05, 4.69) is 25.6 Å². The Morgan fingerprint density at radius 2 is 1.77 bits per heavy atom. The molecule has 0 atom stereocenters. The number of benzene rings is 2. The maximum Gasteiger partial charge on any atom is 0.255 e. The van der Waals surface area contributed by atoms with Crippen LogP contribution in [0, 0.1) is 5.82 Å². The van der Waals surface area contributed by atoms with Crippen molar-refractivity contribution >= 4 is 17.2 Å². The van der Waals surface area contributed by atoms with E-state index >= 15 is 0 Å². The molecule has 0 saturated heterocycles. The number of rotatable bonds is 4. The number of aromatic nitrogens is 5. The molecule has 150 valence electrons. The zero-order chi connectivity index (χ0) is 21.2. The van der Waals surface area contributed by atoms with Gasteiger partial charge >= 0.3 is 0 Å². The Bertz CT molecular complexity index is 1380. The van der Waals surface area contributed by atoms with E-state index in [-0.39, 0.29) is 11.5 Å². The molecule has 7 nitrogen and oxygen atoms in total. The molecule has 0 fully saturated rings. The summed E-state index contributed by atoms with van der Waals surface area (Å²) in [4.78, 5) is 16.4. The van der Waals surface area contributed by atoms with Gasteiger partial charge in [0.25, 0.3) is 5.91 Å². The Labute approximate surface area is 176 Å². The molecule has 3 heterocycles. The molecule has 2 aromatic carbocycles. The van der Waals surface area contributed by atoms with Crippen molar-refractivity contribution in [1.29, 1.82) is 0 Å². The molecule has 1 N–H and O–H groups in total. The second-order valence-electron chi connectivity index (χ2n) is 6.80. The first-order chi connectivity index (χ1) is 15.2. The van der Waals surface area contributed by atoms with Crippen molar-refractivity contribution < 1.29 is 9.18 Å². The highest BCUT2D eigenvalue weighted by Gasteiger charge is 2.11. The number of nitrogens with one attached hydrogen (secondary N) is 1. The van der Waals surface area contributed by atoms with Crippen LogP contribution >= 0.6 is 0 Å². The Morgan fingerprint density at radius 3 is 2.55 bits per heavy atom. The third kappa shape index (κ3) is 3.74. The highest BCUT2D eigenvalue weighted by molar-refractivity contribution is 6.04. The molecule has 0 saturated carbocycles. The van der Waals surface area contributed by atoms with E-state index in [4.69, 9.17) is 0 Å². The molecule has 0 radical (unpaired) electrons. The smallest absolute Gasteiger partial charge is 0.255 e.